The lowest BCUT2D eigenvalue weighted by molar-refractivity contribution is 0.332. The number of allylic oxidation sites excluding steroid dienone is 4. The van der Waals surface area contributed by atoms with Crippen LogP contribution in [-0.2, 0) is 6.42 Å². The van der Waals surface area contributed by atoms with Crippen LogP contribution in [0, 0.1) is 11.8 Å². The Bertz CT molecular complexity index is 2030. The Morgan fingerprint density at radius 2 is 1.61 bits per heavy atom. The SMILES string of the molecule is BC1=Cc2c(sc3cccc(-c4nc(/C5=C/C=C6/c7ccccc7OC6C#CC5)nc(-c5ccccc5)n4)c23)CC1. The highest BCUT2D eigenvalue weighted by atomic mass is 32.1. The second kappa shape index (κ2) is 9.73. The normalized spacial score (nSPS) is 19.5. The predicted molar refractivity (Wildman–Crippen MR) is 170 cm³/mol. The number of ether oxygens (including phenoxy) is 1. The molecule has 1 unspecified atom stereocenters. The maximum atomic E-state index is 6.11. The van der Waals surface area contributed by atoms with Crippen molar-refractivity contribution in [3.8, 4) is 40.4 Å². The van der Waals surface area contributed by atoms with Gasteiger partial charge in [0.15, 0.2) is 23.6 Å². The Balaban J connectivity index is 1.32. The van der Waals surface area contributed by atoms with Gasteiger partial charge in [-0.25, -0.2) is 15.0 Å². The fourth-order valence-electron chi connectivity index (χ4n) is 5.80. The summed E-state index contributed by atoms with van der Waals surface area (Å²) in [4.78, 5) is 16.6. The zero-order chi connectivity index (χ0) is 27.3. The van der Waals surface area contributed by atoms with Crippen molar-refractivity contribution >= 4 is 46.5 Å². The molecule has 1 aliphatic heterocycles. The third-order valence-corrected chi connectivity index (χ3v) is 9.09. The van der Waals surface area contributed by atoms with E-state index in [0.29, 0.717) is 23.9 Å². The van der Waals surface area contributed by atoms with Crippen LogP contribution >= 0.6 is 11.3 Å². The van der Waals surface area contributed by atoms with Crippen molar-refractivity contribution in [3.63, 3.8) is 0 Å². The molecule has 3 heterocycles. The van der Waals surface area contributed by atoms with Gasteiger partial charge in [0.2, 0.25) is 0 Å². The first-order chi connectivity index (χ1) is 20.2. The van der Waals surface area contributed by atoms with Crippen LogP contribution < -0.4 is 4.74 Å². The van der Waals surface area contributed by atoms with Crippen LogP contribution in [0.3, 0.4) is 0 Å². The predicted octanol–water partition coefficient (Wildman–Crippen LogP) is 6.98. The van der Waals surface area contributed by atoms with Crippen LogP contribution in [0.2, 0.25) is 0 Å². The second-order valence-electron chi connectivity index (χ2n) is 10.6. The van der Waals surface area contributed by atoms with Crippen molar-refractivity contribution in [3.05, 3.63) is 112 Å². The molecule has 1 atom stereocenters. The van der Waals surface area contributed by atoms with Gasteiger partial charge in [-0.1, -0.05) is 90.7 Å². The Morgan fingerprint density at radius 1 is 0.805 bits per heavy atom. The van der Waals surface area contributed by atoms with Gasteiger partial charge in [0.05, 0.1) is 0 Å². The standard InChI is InChI=1S/C35H24BN3OS/c36-23-17-19-30-27(20-23)32-26(12-7-15-31(32)41-30)35-38-33(21-8-2-1-3-9-21)37-34(39-35)22-10-6-14-29-25(18-16-22)24-11-4-5-13-28(24)40-29/h1-5,7-9,11-13,15-16,18,20,29H,10,17,19,36H2/b22-16+,25-18-. The molecule has 2 aliphatic carbocycles. The molecule has 0 bridgehead atoms. The number of hydrogen-bond acceptors (Lipinski definition) is 5. The van der Waals surface area contributed by atoms with Crippen molar-refractivity contribution in [2.75, 3.05) is 0 Å². The molecule has 3 aromatic carbocycles. The Labute approximate surface area is 243 Å². The molecule has 6 heteroatoms. The minimum Gasteiger partial charge on any atom is -0.472 e. The van der Waals surface area contributed by atoms with E-state index in [1.165, 1.54) is 26.0 Å². The Morgan fingerprint density at radius 3 is 2.54 bits per heavy atom. The third-order valence-electron chi connectivity index (χ3n) is 7.86. The molecule has 0 saturated heterocycles. The summed E-state index contributed by atoms with van der Waals surface area (Å²) in [5, 5.41) is 1.24. The molecular formula is C35H24BN3OS. The number of nitrogens with zero attached hydrogens (tertiary/aromatic N) is 3. The molecule has 3 aliphatic rings. The Hall–Kier alpha value is -4.73. The number of aromatic nitrogens is 3. The molecule has 0 spiro atoms. The van der Waals surface area contributed by atoms with Crippen molar-refractivity contribution in [2.24, 2.45) is 0 Å². The van der Waals surface area contributed by atoms with Crippen LogP contribution in [0.5, 0.6) is 5.75 Å². The van der Waals surface area contributed by atoms with Crippen LogP contribution in [0.25, 0.3) is 50.1 Å². The summed E-state index contributed by atoms with van der Waals surface area (Å²) in [6.45, 7) is 0. The van der Waals surface area contributed by atoms with Crippen LogP contribution in [0.15, 0.2) is 90.4 Å². The highest BCUT2D eigenvalue weighted by Crippen LogP contribution is 2.42. The minimum absolute atomic E-state index is 0.252. The van der Waals surface area contributed by atoms with Crippen LogP contribution in [0.1, 0.15) is 34.7 Å². The van der Waals surface area contributed by atoms with E-state index in [0.717, 1.165) is 46.4 Å². The molecule has 41 heavy (non-hydrogen) atoms. The third kappa shape index (κ3) is 4.21. The molecule has 0 N–H and O–H groups in total. The average Bonchev–Trinajstić information content (AvgIpc) is 3.54. The van der Waals surface area contributed by atoms with Crippen LogP contribution in [-0.4, -0.2) is 28.9 Å². The van der Waals surface area contributed by atoms with E-state index in [2.05, 4.69) is 62.2 Å². The first-order valence-corrected chi connectivity index (χ1v) is 14.7. The van der Waals surface area contributed by atoms with E-state index in [4.69, 9.17) is 19.7 Å². The number of para-hydroxylation sites is 1. The second-order valence-corrected chi connectivity index (χ2v) is 11.7. The van der Waals surface area contributed by atoms with E-state index in [9.17, 15) is 0 Å². The quantitative estimate of drug-likeness (QED) is 0.181. The summed E-state index contributed by atoms with van der Waals surface area (Å²) in [6.07, 6.45) is 9.05. The van der Waals surface area contributed by atoms with E-state index in [1.54, 1.807) is 0 Å². The minimum atomic E-state index is -0.252. The number of rotatable bonds is 3. The molecule has 194 valence electrons. The highest BCUT2D eigenvalue weighted by molar-refractivity contribution is 7.19. The summed E-state index contributed by atoms with van der Waals surface area (Å²) >= 11 is 1.89. The van der Waals surface area contributed by atoms with Gasteiger partial charge < -0.3 is 4.74 Å². The molecule has 4 nitrogen and oxygen atoms in total. The van der Waals surface area contributed by atoms with Crippen molar-refractivity contribution in [2.45, 2.75) is 25.4 Å². The summed E-state index contributed by atoms with van der Waals surface area (Å²) in [7, 11) is 2.22. The van der Waals surface area contributed by atoms with E-state index >= 15 is 0 Å². The molecular weight excluding hydrogens is 521 g/mol. The molecule has 8 rings (SSSR count). The number of thiophene rings is 1. The first kappa shape index (κ1) is 24.1. The first-order valence-electron chi connectivity index (χ1n) is 13.9. The van der Waals surface area contributed by atoms with Gasteiger partial charge >= 0.3 is 0 Å². The maximum absolute atomic E-state index is 6.11. The number of aryl methyl sites for hydroxylation is 1. The van der Waals surface area contributed by atoms with Crippen molar-refractivity contribution in [1.29, 1.82) is 0 Å². The van der Waals surface area contributed by atoms with Gasteiger partial charge in [-0.2, -0.15) is 0 Å². The lowest BCUT2D eigenvalue weighted by Gasteiger charge is -2.13. The Kier molecular flexibility index (Phi) is 5.72. The molecule has 0 fully saturated rings. The van der Waals surface area contributed by atoms with Gasteiger partial charge in [-0.3, -0.25) is 0 Å². The molecule has 5 aromatic rings. The maximum Gasteiger partial charge on any atom is 0.185 e. The number of fused-ring (bicyclic) bond motifs is 6. The van der Waals surface area contributed by atoms with Gasteiger partial charge in [0, 0.05) is 49.2 Å². The van der Waals surface area contributed by atoms with Gasteiger partial charge in [0.1, 0.15) is 13.6 Å². The zero-order valence-corrected chi connectivity index (χ0v) is 23.3. The topological polar surface area (TPSA) is 47.9 Å². The monoisotopic (exact) mass is 545 g/mol. The van der Waals surface area contributed by atoms with Crippen LogP contribution in [0.4, 0.5) is 0 Å². The van der Waals surface area contributed by atoms with E-state index < -0.39 is 0 Å². The molecule has 0 radical (unpaired) electrons. The summed E-state index contributed by atoms with van der Waals surface area (Å²) in [5.41, 5.74) is 7.85. The molecule has 2 aromatic heterocycles. The zero-order valence-electron chi connectivity index (χ0n) is 22.5. The smallest absolute Gasteiger partial charge is 0.185 e. The fraction of sp³-hybridized carbons (Fsp3) is 0.114. The van der Waals surface area contributed by atoms with Crippen molar-refractivity contribution in [1.82, 2.24) is 15.0 Å². The largest absolute Gasteiger partial charge is 0.472 e. The lowest BCUT2D eigenvalue weighted by Crippen LogP contribution is -2.10. The average molecular weight is 545 g/mol. The summed E-state index contributed by atoms with van der Waals surface area (Å²) in [5.74, 6) is 9.54. The summed E-state index contributed by atoms with van der Waals surface area (Å²) < 4.78 is 7.38. The van der Waals surface area contributed by atoms with Gasteiger partial charge in [-0.15, -0.1) is 16.8 Å². The van der Waals surface area contributed by atoms with Gasteiger partial charge in [0.25, 0.3) is 0 Å². The summed E-state index contributed by atoms with van der Waals surface area (Å²) in [6, 6.07) is 24.7. The van der Waals surface area contributed by atoms with Gasteiger partial charge in [-0.05, 0) is 30.5 Å². The fourth-order valence-corrected chi connectivity index (χ4v) is 7.01. The number of hydrogen-bond donors (Lipinski definition) is 0. The molecule has 0 saturated carbocycles. The van der Waals surface area contributed by atoms with Crippen molar-refractivity contribution < 1.29 is 4.74 Å². The lowest BCUT2D eigenvalue weighted by atomic mass is 9.84. The number of benzene rings is 3. The highest BCUT2D eigenvalue weighted by Gasteiger charge is 2.27. The molecule has 0 amide bonds. The van der Waals surface area contributed by atoms with E-state index in [-0.39, 0.29) is 6.10 Å². The van der Waals surface area contributed by atoms with E-state index in [1.807, 2.05) is 59.9 Å².